The molecule has 0 unspecified atom stereocenters. The highest BCUT2D eigenvalue weighted by atomic mass is 19.4. The van der Waals surface area contributed by atoms with Crippen LogP contribution in [-0.4, -0.2) is 36.2 Å². The van der Waals surface area contributed by atoms with Gasteiger partial charge in [0, 0.05) is 6.54 Å². The molecule has 0 radical (unpaired) electrons. The van der Waals surface area contributed by atoms with E-state index in [1.54, 1.807) is 6.92 Å². The number of alkyl halides is 3. The molecule has 7 heteroatoms. The number of nitrogens with one attached hydrogen (secondary N) is 1. The molecule has 1 aliphatic rings. The number of halogens is 3. The number of nitrogens with zero attached hydrogens (tertiary/aromatic N) is 2. The van der Waals surface area contributed by atoms with Gasteiger partial charge in [0.15, 0.2) is 0 Å². The van der Waals surface area contributed by atoms with Crippen molar-refractivity contribution in [2.75, 3.05) is 13.1 Å². The first kappa shape index (κ1) is 12.1. The largest absolute Gasteiger partial charge is 0.406 e. The number of nitrogens with two attached hydrogens (primary N) is 1. The van der Waals surface area contributed by atoms with Gasteiger partial charge in [-0.15, -0.1) is 0 Å². The molecule has 1 fully saturated rings. The van der Waals surface area contributed by atoms with E-state index in [9.17, 15) is 13.2 Å². The van der Waals surface area contributed by atoms with E-state index in [-0.39, 0.29) is 18.5 Å². The second-order valence-electron chi connectivity index (χ2n) is 3.46. The van der Waals surface area contributed by atoms with Gasteiger partial charge in [-0.1, -0.05) is 0 Å². The average molecular weight is 224 g/mol. The van der Waals surface area contributed by atoms with Gasteiger partial charge in [0.05, 0.1) is 6.04 Å². The summed E-state index contributed by atoms with van der Waals surface area (Å²) in [4.78, 5) is 5.15. The van der Waals surface area contributed by atoms with Crippen LogP contribution in [0.25, 0.3) is 0 Å². The van der Waals surface area contributed by atoms with Gasteiger partial charge in [-0.3, -0.25) is 5.43 Å². The average Bonchev–Trinajstić information content (AvgIpc) is 2.92. The zero-order chi connectivity index (χ0) is 11.5. The molecule has 1 aliphatic carbocycles. The predicted octanol–water partition coefficient (Wildman–Crippen LogP) is 0.852. The Bertz CT molecular complexity index is 235. The lowest BCUT2D eigenvalue weighted by Crippen LogP contribution is -2.48. The first-order valence-corrected chi connectivity index (χ1v) is 4.82. The number of hydrazine groups is 1. The summed E-state index contributed by atoms with van der Waals surface area (Å²) < 4.78 is 36.5. The lowest BCUT2D eigenvalue weighted by molar-refractivity contribution is -0.137. The summed E-state index contributed by atoms with van der Waals surface area (Å²) in [5.41, 5.74) is 2.22. The van der Waals surface area contributed by atoms with Crippen LogP contribution >= 0.6 is 0 Å². The Labute approximate surface area is 86.3 Å². The molecular weight excluding hydrogens is 209 g/mol. The number of guanidine groups is 1. The minimum Gasteiger partial charge on any atom is -0.333 e. The molecule has 4 nitrogen and oxygen atoms in total. The fourth-order valence-corrected chi connectivity index (χ4v) is 1.14. The fraction of sp³-hybridized carbons (Fsp3) is 0.875. The second kappa shape index (κ2) is 4.69. The van der Waals surface area contributed by atoms with Crippen molar-refractivity contribution in [3.63, 3.8) is 0 Å². The molecule has 0 bridgehead atoms. The highest BCUT2D eigenvalue weighted by Gasteiger charge is 2.32. The topological polar surface area (TPSA) is 53.6 Å². The maximum absolute atomic E-state index is 12.2. The summed E-state index contributed by atoms with van der Waals surface area (Å²) in [7, 11) is 0. The predicted molar refractivity (Wildman–Crippen MR) is 51.1 cm³/mol. The van der Waals surface area contributed by atoms with Crippen LogP contribution in [0.15, 0.2) is 4.99 Å². The van der Waals surface area contributed by atoms with Gasteiger partial charge in [-0.2, -0.15) is 13.2 Å². The van der Waals surface area contributed by atoms with E-state index in [4.69, 9.17) is 5.84 Å². The summed E-state index contributed by atoms with van der Waals surface area (Å²) in [6.07, 6.45) is -2.39. The molecule has 1 rings (SSSR count). The molecule has 0 aromatic carbocycles. The van der Waals surface area contributed by atoms with Crippen LogP contribution in [0, 0.1) is 0 Å². The van der Waals surface area contributed by atoms with Crippen LogP contribution in [0.1, 0.15) is 19.8 Å². The van der Waals surface area contributed by atoms with E-state index in [1.165, 1.54) is 0 Å². The van der Waals surface area contributed by atoms with Gasteiger partial charge in [0.25, 0.3) is 0 Å². The molecule has 0 amide bonds. The highest BCUT2D eigenvalue weighted by Crippen LogP contribution is 2.24. The van der Waals surface area contributed by atoms with Gasteiger partial charge < -0.3 is 4.90 Å². The van der Waals surface area contributed by atoms with Gasteiger partial charge in [-0.05, 0) is 19.8 Å². The summed E-state index contributed by atoms with van der Waals surface area (Å²) in [5, 5.41) is 0. The highest BCUT2D eigenvalue weighted by molar-refractivity contribution is 5.79. The monoisotopic (exact) mass is 224 g/mol. The molecule has 0 spiro atoms. The van der Waals surface area contributed by atoms with Crippen molar-refractivity contribution in [3.8, 4) is 0 Å². The van der Waals surface area contributed by atoms with E-state index in [0.717, 1.165) is 17.7 Å². The molecule has 1 saturated carbocycles. The second-order valence-corrected chi connectivity index (χ2v) is 3.46. The van der Waals surface area contributed by atoms with Gasteiger partial charge in [0.2, 0.25) is 5.96 Å². The molecule has 0 aliphatic heterocycles. The van der Waals surface area contributed by atoms with Gasteiger partial charge in [0.1, 0.15) is 6.54 Å². The number of rotatable bonds is 3. The lowest BCUT2D eigenvalue weighted by Gasteiger charge is -2.25. The third-order valence-electron chi connectivity index (χ3n) is 2.03. The third kappa shape index (κ3) is 4.37. The van der Waals surface area contributed by atoms with Gasteiger partial charge in [-0.25, -0.2) is 10.8 Å². The van der Waals surface area contributed by atoms with Crippen LogP contribution in [-0.2, 0) is 0 Å². The van der Waals surface area contributed by atoms with Crippen LogP contribution in [0.5, 0.6) is 0 Å². The van der Waals surface area contributed by atoms with Crippen LogP contribution < -0.4 is 11.3 Å². The lowest BCUT2D eigenvalue weighted by atomic mass is 10.5. The van der Waals surface area contributed by atoms with Crippen molar-refractivity contribution in [1.29, 1.82) is 0 Å². The van der Waals surface area contributed by atoms with E-state index in [1.807, 2.05) is 0 Å². The fourth-order valence-electron chi connectivity index (χ4n) is 1.14. The minimum absolute atomic E-state index is 0.123. The van der Waals surface area contributed by atoms with Crippen molar-refractivity contribution < 1.29 is 13.2 Å². The maximum atomic E-state index is 12.2. The molecule has 15 heavy (non-hydrogen) atoms. The molecule has 0 aromatic rings. The zero-order valence-electron chi connectivity index (χ0n) is 8.51. The summed E-state index contributed by atoms with van der Waals surface area (Å²) in [6, 6.07) is 0.137. The molecule has 0 saturated heterocycles. The molecule has 0 heterocycles. The molecule has 0 atom stereocenters. The Hall–Kier alpha value is -0.980. The van der Waals surface area contributed by atoms with E-state index in [0.29, 0.717) is 0 Å². The quantitative estimate of drug-likeness (QED) is 0.323. The normalized spacial score (nSPS) is 17.8. The Morgan fingerprint density at radius 2 is 2.13 bits per heavy atom. The summed E-state index contributed by atoms with van der Waals surface area (Å²) in [5.74, 6) is 5.28. The first-order chi connectivity index (χ1) is 6.96. The smallest absolute Gasteiger partial charge is 0.333 e. The standard InChI is InChI=1S/C8H15F3N4/c1-2-15(5-8(9,10)11)7(14-12)13-6-3-4-6/h6H,2-5,12H2,1H3,(H,13,14). The third-order valence-corrected chi connectivity index (χ3v) is 2.03. The minimum atomic E-state index is -4.24. The number of hydrogen-bond acceptors (Lipinski definition) is 2. The zero-order valence-corrected chi connectivity index (χ0v) is 8.51. The number of aliphatic imine (C=N–C) groups is 1. The van der Waals surface area contributed by atoms with Crippen molar-refractivity contribution in [1.82, 2.24) is 10.3 Å². The van der Waals surface area contributed by atoms with Crippen molar-refractivity contribution in [2.45, 2.75) is 32.0 Å². The number of hydrogen-bond donors (Lipinski definition) is 2. The van der Waals surface area contributed by atoms with E-state index >= 15 is 0 Å². The van der Waals surface area contributed by atoms with Crippen LogP contribution in [0.4, 0.5) is 13.2 Å². The Morgan fingerprint density at radius 1 is 1.53 bits per heavy atom. The Kier molecular flexibility index (Phi) is 3.78. The molecular formula is C8H15F3N4. The molecule has 88 valence electrons. The van der Waals surface area contributed by atoms with Crippen molar-refractivity contribution in [3.05, 3.63) is 0 Å². The summed E-state index contributed by atoms with van der Waals surface area (Å²) in [6.45, 7) is 0.819. The first-order valence-electron chi connectivity index (χ1n) is 4.82. The maximum Gasteiger partial charge on any atom is 0.406 e. The molecule has 3 N–H and O–H groups in total. The van der Waals surface area contributed by atoms with E-state index in [2.05, 4.69) is 10.4 Å². The van der Waals surface area contributed by atoms with Crippen LogP contribution in [0.2, 0.25) is 0 Å². The van der Waals surface area contributed by atoms with E-state index < -0.39 is 12.7 Å². The SMILES string of the molecule is CCN(CC(F)(F)F)C(=NC1CC1)NN. The molecule has 0 aromatic heterocycles. The Morgan fingerprint density at radius 3 is 2.47 bits per heavy atom. The Balaban J connectivity index is 2.61. The van der Waals surface area contributed by atoms with Gasteiger partial charge >= 0.3 is 6.18 Å². The van der Waals surface area contributed by atoms with Crippen molar-refractivity contribution in [2.24, 2.45) is 10.8 Å². The van der Waals surface area contributed by atoms with Crippen molar-refractivity contribution >= 4 is 5.96 Å². The van der Waals surface area contributed by atoms with Crippen LogP contribution in [0.3, 0.4) is 0 Å². The summed E-state index contributed by atoms with van der Waals surface area (Å²) >= 11 is 0.